The zero-order valence-electron chi connectivity index (χ0n) is 10.9. The summed E-state index contributed by atoms with van der Waals surface area (Å²) in [6.45, 7) is 2.65. The van der Waals surface area contributed by atoms with Crippen molar-refractivity contribution in [2.45, 2.75) is 6.92 Å². The Labute approximate surface area is 107 Å². The van der Waals surface area contributed by atoms with Crippen LogP contribution in [-0.4, -0.2) is 30.9 Å². The van der Waals surface area contributed by atoms with Gasteiger partial charge in [-0.2, -0.15) is 0 Å². The summed E-state index contributed by atoms with van der Waals surface area (Å²) in [5.41, 5.74) is 1.90. The van der Waals surface area contributed by atoms with Gasteiger partial charge in [0.25, 0.3) is 0 Å². The fraction of sp³-hybridized carbons (Fsp3) is 0.286. The summed E-state index contributed by atoms with van der Waals surface area (Å²) in [4.78, 5) is 1.93. The molecule has 0 spiro atoms. The quantitative estimate of drug-likeness (QED) is 0.827. The molecule has 0 unspecified atom stereocenters. The van der Waals surface area contributed by atoms with E-state index in [-0.39, 0.29) is 0 Å². The Bertz CT molecular complexity index is 491. The molecular weight excluding hydrogens is 226 g/mol. The van der Waals surface area contributed by atoms with Gasteiger partial charge in [0.1, 0.15) is 5.75 Å². The molecule has 2 aromatic rings. The molecule has 0 amide bonds. The Balaban J connectivity index is 2.20. The van der Waals surface area contributed by atoms with Crippen LogP contribution in [0.1, 0.15) is 6.92 Å². The molecule has 1 heterocycles. The number of rotatable bonds is 4. The maximum Gasteiger partial charge on any atom is 0.150 e. The second-order valence-electron chi connectivity index (χ2n) is 4.13. The lowest BCUT2D eigenvalue weighted by Gasteiger charge is -2.10. The molecule has 0 aliphatic heterocycles. The van der Waals surface area contributed by atoms with E-state index in [1.54, 1.807) is 0 Å². The van der Waals surface area contributed by atoms with Gasteiger partial charge in [0, 0.05) is 19.7 Å². The number of benzene rings is 1. The van der Waals surface area contributed by atoms with Crippen LogP contribution in [0.2, 0.25) is 0 Å². The molecule has 18 heavy (non-hydrogen) atoms. The van der Waals surface area contributed by atoms with E-state index in [1.807, 2.05) is 62.3 Å². The van der Waals surface area contributed by atoms with Crippen LogP contribution in [0.3, 0.4) is 0 Å². The summed E-state index contributed by atoms with van der Waals surface area (Å²) in [5, 5.41) is 8.37. The predicted molar refractivity (Wildman–Crippen MR) is 73.0 cm³/mol. The van der Waals surface area contributed by atoms with Gasteiger partial charge in [-0.05, 0) is 43.3 Å². The molecule has 2 rings (SSSR count). The fourth-order valence-electron chi connectivity index (χ4n) is 1.61. The van der Waals surface area contributed by atoms with Crippen molar-refractivity contribution in [2.75, 3.05) is 25.6 Å². The summed E-state index contributed by atoms with van der Waals surface area (Å²) in [5.74, 6) is 1.73. The third-order valence-corrected chi connectivity index (χ3v) is 2.57. The van der Waals surface area contributed by atoms with Crippen molar-refractivity contribution in [3.63, 3.8) is 0 Å². The van der Waals surface area contributed by atoms with Gasteiger partial charge in [-0.15, -0.1) is 10.2 Å². The van der Waals surface area contributed by atoms with E-state index < -0.39 is 0 Å². The summed E-state index contributed by atoms with van der Waals surface area (Å²) in [6, 6.07) is 11.8. The molecule has 0 fully saturated rings. The van der Waals surface area contributed by atoms with Gasteiger partial charge in [-0.25, -0.2) is 0 Å². The second kappa shape index (κ2) is 5.49. The Morgan fingerprint density at radius 2 is 1.72 bits per heavy atom. The van der Waals surface area contributed by atoms with E-state index in [9.17, 15) is 0 Å². The van der Waals surface area contributed by atoms with E-state index >= 15 is 0 Å². The molecule has 1 aromatic heterocycles. The summed E-state index contributed by atoms with van der Waals surface area (Å²) in [7, 11) is 3.89. The number of hydrogen-bond acceptors (Lipinski definition) is 4. The van der Waals surface area contributed by atoms with Crippen LogP contribution in [0.25, 0.3) is 11.3 Å². The van der Waals surface area contributed by atoms with E-state index in [2.05, 4.69) is 10.2 Å². The van der Waals surface area contributed by atoms with Crippen molar-refractivity contribution < 1.29 is 4.74 Å². The second-order valence-corrected chi connectivity index (χ2v) is 4.13. The molecule has 0 bridgehead atoms. The van der Waals surface area contributed by atoms with Crippen LogP contribution < -0.4 is 9.64 Å². The van der Waals surface area contributed by atoms with Crippen LogP contribution in [0, 0.1) is 0 Å². The topological polar surface area (TPSA) is 38.2 Å². The molecule has 0 N–H and O–H groups in total. The van der Waals surface area contributed by atoms with Crippen molar-refractivity contribution in [1.29, 1.82) is 0 Å². The average molecular weight is 243 g/mol. The normalized spacial score (nSPS) is 10.2. The van der Waals surface area contributed by atoms with Crippen molar-refractivity contribution in [2.24, 2.45) is 0 Å². The Hall–Kier alpha value is -2.10. The van der Waals surface area contributed by atoms with Crippen molar-refractivity contribution >= 4 is 5.82 Å². The van der Waals surface area contributed by atoms with Crippen molar-refractivity contribution in [3.05, 3.63) is 36.4 Å². The molecule has 0 saturated heterocycles. The highest BCUT2D eigenvalue weighted by atomic mass is 16.5. The average Bonchev–Trinajstić information content (AvgIpc) is 2.40. The van der Waals surface area contributed by atoms with Gasteiger partial charge in [0.05, 0.1) is 12.3 Å². The zero-order chi connectivity index (χ0) is 13.0. The molecular formula is C14H17N3O. The Morgan fingerprint density at radius 1 is 1.00 bits per heavy atom. The minimum absolute atomic E-state index is 0.677. The number of hydrogen-bond donors (Lipinski definition) is 0. The van der Waals surface area contributed by atoms with E-state index in [1.165, 1.54) is 0 Å². The Kier molecular flexibility index (Phi) is 3.77. The third kappa shape index (κ3) is 2.77. The highest BCUT2D eigenvalue weighted by molar-refractivity contribution is 5.60. The third-order valence-electron chi connectivity index (χ3n) is 2.57. The van der Waals surface area contributed by atoms with Crippen LogP contribution >= 0.6 is 0 Å². The fourth-order valence-corrected chi connectivity index (χ4v) is 1.61. The molecule has 0 atom stereocenters. The van der Waals surface area contributed by atoms with Crippen molar-refractivity contribution in [1.82, 2.24) is 10.2 Å². The molecule has 0 aliphatic rings. The maximum atomic E-state index is 5.40. The van der Waals surface area contributed by atoms with Gasteiger partial charge in [-0.3, -0.25) is 0 Å². The number of aromatic nitrogens is 2. The van der Waals surface area contributed by atoms with Gasteiger partial charge in [-0.1, -0.05) is 0 Å². The minimum atomic E-state index is 0.677. The molecule has 1 aromatic carbocycles. The van der Waals surface area contributed by atoms with Crippen LogP contribution in [0.15, 0.2) is 36.4 Å². The SMILES string of the molecule is CCOc1ccc(-c2ccc(N(C)C)nn2)cc1. The standard InChI is InChI=1S/C14H17N3O/c1-4-18-12-7-5-11(6-8-12)13-9-10-14(16-15-13)17(2)3/h5-10H,4H2,1-3H3. The first-order valence-corrected chi connectivity index (χ1v) is 5.95. The number of anilines is 1. The van der Waals surface area contributed by atoms with E-state index in [4.69, 9.17) is 4.74 Å². The first kappa shape index (κ1) is 12.4. The van der Waals surface area contributed by atoms with Crippen LogP contribution in [0.4, 0.5) is 5.82 Å². The minimum Gasteiger partial charge on any atom is -0.494 e. The molecule has 0 saturated carbocycles. The van der Waals surface area contributed by atoms with Crippen molar-refractivity contribution in [3.8, 4) is 17.0 Å². The highest BCUT2D eigenvalue weighted by Gasteiger charge is 2.02. The zero-order valence-corrected chi connectivity index (χ0v) is 10.9. The molecule has 94 valence electrons. The molecule has 0 aliphatic carbocycles. The van der Waals surface area contributed by atoms with E-state index in [0.29, 0.717) is 6.61 Å². The predicted octanol–water partition coefficient (Wildman–Crippen LogP) is 2.61. The van der Waals surface area contributed by atoms with Gasteiger partial charge in [0.2, 0.25) is 0 Å². The molecule has 0 radical (unpaired) electrons. The number of ether oxygens (including phenoxy) is 1. The first-order valence-electron chi connectivity index (χ1n) is 5.95. The summed E-state index contributed by atoms with van der Waals surface area (Å²) < 4.78 is 5.40. The maximum absolute atomic E-state index is 5.40. The monoisotopic (exact) mass is 243 g/mol. The van der Waals surface area contributed by atoms with Crippen LogP contribution in [0.5, 0.6) is 5.75 Å². The lowest BCUT2D eigenvalue weighted by molar-refractivity contribution is 0.340. The molecule has 4 heteroatoms. The summed E-state index contributed by atoms with van der Waals surface area (Å²) >= 11 is 0. The summed E-state index contributed by atoms with van der Waals surface area (Å²) in [6.07, 6.45) is 0. The Morgan fingerprint density at radius 3 is 2.22 bits per heavy atom. The number of nitrogens with zero attached hydrogens (tertiary/aromatic N) is 3. The van der Waals surface area contributed by atoms with E-state index in [0.717, 1.165) is 22.8 Å². The van der Waals surface area contributed by atoms with Crippen LogP contribution in [-0.2, 0) is 0 Å². The smallest absolute Gasteiger partial charge is 0.150 e. The molecule has 4 nitrogen and oxygen atoms in total. The van der Waals surface area contributed by atoms with Gasteiger partial charge in [0.15, 0.2) is 5.82 Å². The van der Waals surface area contributed by atoms with Gasteiger partial charge >= 0.3 is 0 Å². The lowest BCUT2D eigenvalue weighted by Crippen LogP contribution is -2.11. The lowest BCUT2D eigenvalue weighted by atomic mass is 10.1. The highest BCUT2D eigenvalue weighted by Crippen LogP contribution is 2.21. The van der Waals surface area contributed by atoms with Gasteiger partial charge < -0.3 is 9.64 Å². The first-order chi connectivity index (χ1) is 8.70. The largest absolute Gasteiger partial charge is 0.494 e.